The Bertz CT molecular complexity index is 1190. The molecule has 2 aromatic carbocycles. The number of hydrogen-bond acceptors (Lipinski definition) is 6. The number of hydrogen-bond donors (Lipinski definition) is 2. The third kappa shape index (κ3) is 4.79. The second kappa shape index (κ2) is 9.32. The number of nitrogens with zero attached hydrogens (tertiary/aromatic N) is 3. The zero-order valence-electron chi connectivity index (χ0n) is 18.6. The van der Waals surface area contributed by atoms with Crippen molar-refractivity contribution in [2.45, 2.75) is 19.0 Å². The van der Waals surface area contributed by atoms with E-state index in [9.17, 15) is 8.42 Å². The van der Waals surface area contributed by atoms with Gasteiger partial charge in [0, 0.05) is 74.2 Å². The number of ether oxygens (including phenoxy) is 1. The van der Waals surface area contributed by atoms with E-state index in [1.165, 1.54) is 19.5 Å². The van der Waals surface area contributed by atoms with Crippen molar-refractivity contribution in [3.8, 4) is 5.75 Å². The topological polar surface area (TPSA) is 86.8 Å². The van der Waals surface area contributed by atoms with E-state index in [1.807, 2.05) is 36.7 Å². The van der Waals surface area contributed by atoms with E-state index in [4.69, 9.17) is 4.74 Å². The molecule has 0 bridgehead atoms. The first-order valence-corrected chi connectivity index (χ1v) is 12.0. The molecule has 1 aliphatic rings. The first kappa shape index (κ1) is 22.3. The van der Waals surface area contributed by atoms with Gasteiger partial charge in [-0.15, -0.1) is 0 Å². The molecule has 0 amide bonds. The molecular weight excluding hydrogens is 426 g/mol. The average molecular weight is 456 g/mol. The highest BCUT2D eigenvalue weighted by Crippen LogP contribution is 2.32. The Morgan fingerprint density at radius 3 is 2.72 bits per heavy atom. The lowest BCUT2D eigenvalue weighted by molar-refractivity contribution is 0.319. The molecule has 0 radical (unpaired) electrons. The Balaban J connectivity index is 1.46. The minimum Gasteiger partial charge on any atom is -0.494 e. The summed E-state index contributed by atoms with van der Waals surface area (Å²) in [6, 6.07) is 14.1. The fraction of sp³-hybridized carbons (Fsp3) is 0.348. The van der Waals surface area contributed by atoms with Crippen LogP contribution in [-0.4, -0.2) is 62.9 Å². The van der Waals surface area contributed by atoms with Gasteiger partial charge in [-0.2, -0.15) is 12.7 Å². The molecule has 170 valence electrons. The van der Waals surface area contributed by atoms with E-state index >= 15 is 0 Å². The van der Waals surface area contributed by atoms with Crippen molar-refractivity contribution >= 4 is 32.4 Å². The van der Waals surface area contributed by atoms with Crippen molar-refractivity contribution in [1.29, 1.82) is 0 Å². The van der Waals surface area contributed by atoms with Gasteiger partial charge in [0.1, 0.15) is 5.75 Å². The number of likely N-dealkylation sites (tertiary alicyclic amines) is 1. The van der Waals surface area contributed by atoms with E-state index in [2.05, 4.69) is 32.1 Å². The van der Waals surface area contributed by atoms with Crippen LogP contribution in [0.1, 0.15) is 12.0 Å². The number of methoxy groups -OCH3 is 1. The van der Waals surface area contributed by atoms with Crippen molar-refractivity contribution < 1.29 is 13.2 Å². The van der Waals surface area contributed by atoms with Crippen molar-refractivity contribution in [3.63, 3.8) is 0 Å². The lowest BCUT2D eigenvalue weighted by Crippen LogP contribution is -2.29. The molecule has 0 spiro atoms. The molecule has 1 aromatic heterocycles. The molecular formula is C23H29N5O3S. The summed E-state index contributed by atoms with van der Waals surface area (Å²) in [5.74, 6) is 0.552. The molecule has 0 aliphatic carbocycles. The van der Waals surface area contributed by atoms with Gasteiger partial charge in [-0.05, 0) is 24.6 Å². The van der Waals surface area contributed by atoms with Gasteiger partial charge >= 0.3 is 10.2 Å². The fourth-order valence-electron chi connectivity index (χ4n) is 4.06. The lowest BCUT2D eigenvalue weighted by atomic mass is 10.1. The summed E-state index contributed by atoms with van der Waals surface area (Å²) in [5.41, 5.74) is 2.51. The highest BCUT2D eigenvalue weighted by atomic mass is 32.2. The Morgan fingerprint density at radius 2 is 1.94 bits per heavy atom. The Morgan fingerprint density at radius 1 is 1.16 bits per heavy atom. The summed E-state index contributed by atoms with van der Waals surface area (Å²) in [4.78, 5) is 6.56. The molecule has 1 fully saturated rings. The quantitative estimate of drug-likeness (QED) is 0.543. The van der Waals surface area contributed by atoms with Gasteiger partial charge in [0.2, 0.25) is 0 Å². The Hall–Kier alpha value is -2.88. The van der Waals surface area contributed by atoms with Gasteiger partial charge in [0.25, 0.3) is 0 Å². The maximum atomic E-state index is 12.3. The number of nitrogens with one attached hydrogen (secondary N) is 2. The largest absolute Gasteiger partial charge is 0.494 e. The van der Waals surface area contributed by atoms with Crippen LogP contribution in [0.2, 0.25) is 0 Å². The van der Waals surface area contributed by atoms with Crippen LogP contribution in [0.25, 0.3) is 10.8 Å². The zero-order valence-corrected chi connectivity index (χ0v) is 19.4. The summed E-state index contributed by atoms with van der Waals surface area (Å²) >= 11 is 0. The van der Waals surface area contributed by atoms with E-state index < -0.39 is 10.2 Å². The predicted octanol–water partition coefficient (Wildman–Crippen LogP) is 3.15. The number of rotatable bonds is 8. The summed E-state index contributed by atoms with van der Waals surface area (Å²) in [5, 5.41) is 5.97. The first-order valence-electron chi connectivity index (χ1n) is 10.5. The Kier molecular flexibility index (Phi) is 6.50. The average Bonchev–Trinajstić information content (AvgIpc) is 3.20. The molecule has 3 aromatic rings. The van der Waals surface area contributed by atoms with Crippen LogP contribution in [0.15, 0.2) is 54.9 Å². The molecule has 1 atom stereocenters. The highest BCUT2D eigenvalue weighted by molar-refractivity contribution is 7.90. The number of benzene rings is 2. The molecule has 1 saturated heterocycles. The molecule has 8 nitrogen and oxygen atoms in total. The van der Waals surface area contributed by atoms with E-state index in [1.54, 1.807) is 13.2 Å². The molecule has 1 aliphatic heterocycles. The van der Waals surface area contributed by atoms with Crippen LogP contribution < -0.4 is 14.8 Å². The number of fused-ring (bicyclic) bond motifs is 1. The molecule has 32 heavy (non-hydrogen) atoms. The second-order valence-electron chi connectivity index (χ2n) is 8.15. The van der Waals surface area contributed by atoms with Crippen LogP contribution in [0, 0.1) is 0 Å². The third-order valence-corrected chi connectivity index (χ3v) is 7.17. The standard InChI is InChI=1S/C23H29N5O3S/c1-27(2)32(29,30)26-22-9-5-7-18(23(22)31-3)15-28-13-11-19(16-28)25-21-8-4-6-17-14-24-12-10-20(17)21/h4-10,12,14,19,25-26H,11,13,15-16H2,1-3H3/t19-/m1/s1. The predicted molar refractivity (Wildman–Crippen MR) is 128 cm³/mol. The zero-order chi connectivity index (χ0) is 22.7. The molecule has 9 heteroatoms. The van der Waals surface area contributed by atoms with Crippen LogP contribution in [0.3, 0.4) is 0 Å². The van der Waals surface area contributed by atoms with E-state index in [0.29, 0.717) is 24.0 Å². The van der Waals surface area contributed by atoms with Gasteiger partial charge in [0.15, 0.2) is 0 Å². The summed E-state index contributed by atoms with van der Waals surface area (Å²) in [6.45, 7) is 2.51. The highest BCUT2D eigenvalue weighted by Gasteiger charge is 2.25. The number of para-hydroxylation sites is 1. The molecule has 4 rings (SSSR count). The lowest BCUT2D eigenvalue weighted by Gasteiger charge is -2.21. The summed E-state index contributed by atoms with van der Waals surface area (Å²) < 4.78 is 33.9. The van der Waals surface area contributed by atoms with Crippen molar-refractivity contribution in [2.75, 3.05) is 44.3 Å². The van der Waals surface area contributed by atoms with E-state index in [0.717, 1.165) is 40.5 Å². The fourth-order valence-corrected chi connectivity index (χ4v) is 4.69. The van der Waals surface area contributed by atoms with Gasteiger partial charge in [-0.25, -0.2) is 0 Å². The third-order valence-electron chi connectivity index (χ3n) is 5.73. The van der Waals surface area contributed by atoms with Crippen LogP contribution >= 0.6 is 0 Å². The minimum atomic E-state index is -3.61. The van der Waals surface area contributed by atoms with Crippen LogP contribution in [-0.2, 0) is 16.8 Å². The van der Waals surface area contributed by atoms with Crippen molar-refractivity contribution in [3.05, 3.63) is 60.4 Å². The van der Waals surface area contributed by atoms with Crippen LogP contribution in [0.4, 0.5) is 11.4 Å². The maximum Gasteiger partial charge on any atom is 0.301 e. The summed E-state index contributed by atoms with van der Waals surface area (Å²) in [6.07, 6.45) is 4.72. The smallest absolute Gasteiger partial charge is 0.301 e. The maximum absolute atomic E-state index is 12.3. The normalized spacial score (nSPS) is 17.1. The number of anilines is 2. The van der Waals surface area contributed by atoms with E-state index in [-0.39, 0.29) is 0 Å². The number of pyridine rings is 1. The van der Waals surface area contributed by atoms with Crippen LogP contribution in [0.5, 0.6) is 5.75 Å². The summed E-state index contributed by atoms with van der Waals surface area (Å²) in [7, 11) is 0.929. The monoisotopic (exact) mass is 455 g/mol. The Labute approximate surface area is 189 Å². The minimum absolute atomic E-state index is 0.329. The second-order valence-corrected chi connectivity index (χ2v) is 10.0. The SMILES string of the molecule is COc1c(CN2CC[C@@H](Nc3cccc4cnccc34)C2)cccc1NS(=O)(=O)N(C)C. The molecule has 2 N–H and O–H groups in total. The van der Waals surface area contributed by atoms with Gasteiger partial charge in [-0.1, -0.05) is 24.3 Å². The van der Waals surface area contributed by atoms with Gasteiger partial charge < -0.3 is 10.1 Å². The van der Waals surface area contributed by atoms with Crippen molar-refractivity contribution in [2.24, 2.45) is 0 Å². The van der Waals surface area contributed by atoms with Gasteiger partial charge in [0.05, 0.1) is 12.8 Å². The molecule has 2 heterocycles. The molecule has 0 saturated carbocycles. The first-order chi connectivity index (χ1) is 15.4. The number of aromatic nitrogens is 1. The van der Waals surface area contributed by atoms with Gasteiger partial charge in [-0.3, -0.25) is 14.6 Å². The van der Waals surface area contributed by atoms with Crippen molar-refractivity contribution in [1.82, 2.24) is 14.2 Å². The molecule has 0 unspecified atom stereocenters.